The van der Waals surface area contributed by atoms with Crippen molar-refractivity contribution in [2.45, 2.75) is 39.2 Å². The third-order valence-corrected chi connectivity index (χ3v) is 2.30. The van der Waals surface area contributed by atoms with Crippen molar-refractivity contribution in [3.63, 3.8) is 0 Å². The summed E-state index contributed by atoms with van der Waals surface area (Å²) in [5, 5.41) is 11.5. The SMILES string of the molecule is CC(C)(C)OC(=O)NCCCc1cccc(C(=O)O)n1. The minimum absolute atomic E-state index is 0.0302. The zero-order valence-electron chi connectivity index (χ0n) is 12.0. The first kappa shape index (κ1) is 15.9. The number of ether oxygens (including phenoxy) is 1. The van der Waals surface area contributed by atoms with Crippen molar-refractivity contribution in [1.29, 1.82) is 0 Å². The fourth-order valence-electron chi connectivity index (χ4n) is 1.51. The lowest BCUT2D eigenvalue weighted by atomic mass is 10.2. The van der Waals surface area contributed by atoms with Crippen LogP contribution in [0.25, 0.3) is 0 Å². The second-order valence-corrected chi connectivity index (χ2v) is 5.35. The maximum Gasteiger partial charge on any atom is 0.407 e. The zero-order valence-corrected chi connectivity index (χ0v) is 12.0. The van der Waals surface area contributed by atoms with Crippen LogP contribution in [0.3, 0.4) is 0 Å². The van der Waals surface area contributed by atoms with Crippen LogP contribution in [-0.2, 0) is 11.2 Å². The van der Waals surface area contributed by atoms with Crippen molar-refractivity contribution in [3.05, 3.63) is 29.6 Å². The van der Waals surface area contributed by atoms with Crippen LogP contribution in [0.1, 0.15) is 43.4 Å². The molecule has 0 bridgehead atoms. The smallest absolute Gasteiger partial charge is 0.407 e. The normalized spacial score (nSPS) is 10.9. The fraction of sp³-hybridized carbons (Fsp3) is 0.500. The molecule has 0 saturated heterocycles. The topological polar surface area (TPSA) is 88.5 Å². The van der Waals surface area contributed by atoms with Gasteiger partial charge in [0.2, 0.25) is 0 Å². The predicted octanol–water partition coefficient (Wildman–Crippen LogP) is 2.24. The highest BCUT2D eigenvalue weighted by molar-refractivity contribution is 5.85. The number of carbonyl (C=O) groups excluding carboxylic acids is 1. The number of carboxylic acid groups (broad SMARTS) is 1. The van der Waals surface area contributed by atoms with E-state index in [-0.39, 0.29) is 5.69 Å². The summed E-state index contributed by atoms with van der Waals surface area (Å²) in [5.41, 5.74) is 0.208. The molecule has 0 aliphatic carbocycles. The van der Waals surface area contributed by atoms with Gasteiger partial charge in [0.1, 0.15) is 11.3 Å². The maximum atomic E-state index is 11.4. The lowest BCUT2D eigenvalue weighted by molar-refractivity contribution is 0.0526. The van der Waals surface area contributed by atoms with Crippen molar-refractivity contribution in [3.8, 4) is 0 Å². The Bertz CT molecular complexity index is 480. The van der Waals surface area contributed by atoms with E-state index < -0.39 is 17.7 Å². The molecule has 1 amide bonds. The number of rotatable bonds is 5. The van der Waals surface area contributed by atoms with Gasteiger partial charge in [-0.25, -0.2) is 14.6 Å². The second kappa shape index (κ2) is 6.88. The van der Waals surface area contributed by atoms with Gasteiger partial charge in [0.25, 0.3) is 0 Å². The Balaban J connectivity index is 2.33. The highest BCUT2D eigenvalue weighted by Gasteiger charge is 2.15. The first-order valence-corrected chi connectivity index (χ1v) is 6.44. The van der Waals surface area contributed by atoms with Gasteiger partial charge < -0.3 is 15.2 Å². The zero-order chi connectivity index (χ0) is 15.2. The number of pyridine rings is 1. The van der Waals surface area contributed by atoms with Gasteiger partial charge in [-0.2, -0.15) is 0 Å². The second-order valence-electron chi connectivity index (χ2n) is 5.35. The van der Waals surface area contributed by atoms with Crippen LogP contribution in [0.5, 0.6) is 0 Å². The Morgan fingerprint density at radius 2 is 2.05 bits per heavy atom. The molecule has 0 aromatic carbocycles. The van der Waals surface area contributed by atoms with Gasteiger partial charge in [-0.1, -0.05) is 6.07 Å². The van der Waals surface area contributed by atoms with E-state index in [2.05, 4.69) is 10.3 Å². The van der Waals surface area contributed by atoms with E-state index in [9.17, 15) is 9.59 Å². The van der Waals surface area contributed by atoms with Crippen molar-refractivity contribution < 1.29 is 19.4 Å². The molecule has 0 fully saturated rings. The average Bonchev–Trinajstić information content (AvgIpc) is 2.33. The Kier molecular flexibility index (Phi) is 5.49. The fourth-order valence-corrected chi connectivity index (χ4v) is 1.51. The Hall–Kier alpha value is -2.11. The largest absolute Gasteiger partial charge is 0.477 e. The van der Waals surface area contributed by atoms with E-state index in [1.54, 1.807) is 32.9 Å². The summed E-state index contributed by atoms with van der Waals surface area (Å²) in [6.07, 6.45) is 0.802. The van der Waals surface area contributed by atoms with E-state index >= 15 is 0 Å². The Morgan fingerprint density at radius 3 is 2.65 bits per heavy atom. The van der Waals surface area contributed by atoms with Crippen molar-refractivity contribution >= 4 is 12.1 Å². The van der Waals surface area contributed by atoms with Gasteiger partial charge in [-0.15, -0.1) is 0 Å². The van der Waals surface area contributed by atoms with Gasteiger partial charge in [0.05, 0.1) is 0 Å². The first-order valence-electron chi connectivity index (χ1n) is 6.44. The number of aryl methyl sites for hydroxylation is 1. The molecule has 1 aromatic heterocycles. The predicted molar refractivity (Wildman–Crippen MR) is 73.8 cm³/mol. The molecular weight excluding hydrogens is 260 g/mol. The summed E-state index contributed by atoms with van der Waals surface area (Å²) in [7, 11) is 0. The van der Waals surface area contributed by atoms with Crippen LogP contribution in [0, 0.1) is 0 Å². The lowest BCUT2D eigenvalue weighted by Gasteiger charge is -2.19. The van der Waals surface area contributed by atoms with Crippen molar-refractivity contribution in [2.24, 2.45) is 0 Å². The summed E-state index contributed by atoms with van der Waals surface area (Å²) in [6.45, 7) is 5.85. The lowest BCUT2D eigenvalue weighted by Crippen LogP contribution is -2.33. The molecule has 0 aliphatic heterocycles. The van der Waals surface area contributed by atoms with Gasteiger partial charge in [-0.05, 0) is 45.7 Å². The van der Waals surface area contributed by atoms with Gasteiger partial charge in [-0.3, -0.25) is 0 Å². The van der Waals surface area contributed by atoms with Crippen LogP contribution in [-0.4, -0.2) is 34.3 Å². The van der Waals surface area contributed by atoms with Gasteiger partial charge in [0.15, 0.2) is 0 Å². The van der Waals surface area contributed by atoms with Crippen molar-refractivity contribution in [1.82, 2.24) is 10.3 Å². The van der Waals surface area contributed by atoms with E-state index in [1.165, 1.54) is 6.07 Å². The van der Waals surface area contributed by atoms with Crippen LogP contribution in [0.4, 0.5) is 4.79 Å². The highest BCUT2D eigenvalue weighted by atomic mass is 16.6. The molecule has 0 unspecified atom stereocenters. The Labute approximate surface area is 118 Å². The number of nitrogens with zero attached hydrogens (tertiary/aromatic N) is 1. The molecule has 110 valence electrons. The van der Waals surface area contributed by atoms with Gasteiger partial charge >= 0.3 is 12.1 Å². The number of aromatic carboxylic acids is 1. The molecule has 20 heavy (non-hydrogen) atoms. The number of carbonyl (C=O) groups is 2. The molecule has 2 N–H and O–H groups in total. The minimum atomic E-state index is -1.04. The monoisotopic (exact) mass is 280 g/mol. The van der Waals surface area contributed by atoms with Crippen LogP contribution >= 0.6 is 0 Å². The molecule has 0 radical (unpaired) electrons. The summed E-state index contributed by atoms with van der Waals surface area (Å²) in [6, 6.07) is 4.87. The Morgan fingerprint density at radius 1 is 1.35 bits per heavy atom. The summed E-state index contributed by atoms with van der Waals surface area (Å²) in [5.74, 6) is -1.04. The first-order chi connectivity index (χ1) is 9.28. The van der Waals surface area contributed by atoms with E-state index in [0.29, 0.717) is 25.1 Å². The van der Waals surface area contributed by atoms with Gasteiger partial charge in [0, 0.05) is 12.2 Å². The molecule has 0 aliphatic rings. The summed E-state index contributed by atoms with van der Waals surface area (Å²) < 4.78 is 5.10. The molecule has 1 rings (SSSR count). The third-order valence-electron chi connectivity index (χ3n) is 2.30. The van der Waals surface area contributed by atoms with E-state index in [0.717, 1.165) is 0 Å². The van der Waals surface area contributed by atoms with E-state index in [1.807, 2.05) is 0 Å². The number of nitrogens with one attached hydrogen (secondary N) is 1. The molecule has 6 heteroatoms. The molecule has 6 nitrogen and oxygen atoms in total. The number of amides is 1. The number of aromatic nitrogens is 1. The highest BCUT2D eigenvalue weighted by Crippen LogP contribution is 2.06. The number of alkyl carbamates (subject to hydrolysis) is 1. The molecule has 0 saturated carbocycles. The summed E-state index contributed by atoms with van der Waals surface area (Å²) >= 11 is 0. The summed E-state index contributed by atoms with van der Waals surface area (Å²) in [4.78, 5) is 26.2. The number of hydrogen-bond donors (Lipinski definition) is 2. The van der Waals surface area contributed by atoms with E-state index in [4.69, 9.17) is 9.84 Å². The van der Waals surface area contributed by atoms with Crippen LogP contribution < -0.4 is 5.32 Å². The molecular formula is C14H20N2O4. The van der Waals surface area contributed by atoms with Crippen LogP contribution in [0.15, 0.2) is 18.2 Å². The molecule has 1 aromatic rings. The maximum absolute atomic E-state index is 11.4. The van der Waals surface area contributed by atoms with Crippen molar-refractivity contribution in [2.75, 3.05) is 6.54 Å². The molecule has 0 atom stereocenters. The standard InChI is InChI=1S/C14H20N2O4/c1-14(2,3)20-13(19)15-9-5-7-10-6-4-8-11(16-10)12(17)18/h4,6,8H,5,7,9H2,1-3H3,(H,15,19)(H,17,18). The molecule has 1 heterocycles. The minimum Gasteiger partial charge on any atom is -0.477 e. The molecule has 0 spiro atoms. The average molecular weight is 280 g/mol. The number of carboxylic acids is 1. The van der Waals surface area contributed by atoms with Crippen LogP contribution in [0.2, 0.25) is 0 Å². The number of hydrogen-bond acceptors (Lipinski definition) is 4. The quantitative estimate of drug-likeness (QED) is 0.807. The third kappa shape index (κ3) is 6.17.